The smallest absolute Gasteiger partial charge is 0.493 e. The molecule has 0 saturated carbocycles. The van der Waals surface area contributed by atoms with Crippen LogP contribution in [0.4, 0.5) is 4.79 Å². The van der Waals surface area contributed by atoms with E-state index in [1.165, 1.54) is 0 Å². The molecular weight excluding hydrogens is 300 g/mol. The molecule has 6 nitrogen and oxygen atoms in total. The Kier molecular flexibility index (Phi) is 7.71. The van der Waals surface area contributed by atoms with E-state index in [1.807, 2.05) is 31.2 Å². The molecule has 0 heterocycles. The number of hydrogen-bond acceptors (Lipinski definition) is 4. The first-order chi connectivity index (χ1) is 11.0. The second kappa shape index (κ2) is 9.83. The van der Waals surface area contributed by atoms with Gasteiger partial charge in [-0.15, -0.1) is 0 Å². The van der Waals surface area contributed by atoms with Crippen molar-refractivity contribution in [2.75, 3.05) is 6.61 Å². The quantitative estimate of drug-likeness (QED) is 0.641. The fraction of sp³-hybridized carbons (Fsp3) is 0.176. The highest BCUT2D eigenvalue weighted by atomic mass is 16.6. The van der Waals surface area contributed by atoms with Crippen LogP contribution in [0, 0.1) is 0 Å². The van der Waals surface area contributed by atoms with E-state index in [0.717, 1.165) is 6.42 Å². The molecule has 0 unspecified atom stereocenters. The van der Waals surface area contributed by atoms with Crippen molar-refractivity contribution in [3.05, 3.63) is 60.2 Å². The predicted molar refractivity (Wildman–Crippen MR) is 84.3 cm³/mol. The number of carbonyl (C=O) groups excluding carboxylic acids is 1. The standard InChI is InChI=1S/C16H16O3.CH2O3/c1-2-12-18-15-11-7-6-10-14(15)16(17)19-13-8-4-3-5-9-13;2-1(3)4/h3-11H,2,12H2,1H3;(H2,2,3,4). The molecule has 0 amide bonds. The summed E-state index contributed by atoms with van der Waals surface area (Å²) in [6.07, 6.45) is -0.942. The Hall–Kier alpha value is -3.02. The van der Waals surface area contributed by atoms with Gasteiger partial charge in [0.15, 0.2) is 0 Å². The summed E-state index contributed by atoms with van der Waals surface area (Å²) < 4.78 is 10.8. The number of esters is 1. The van der Waals surface area contributed by atoms with Crippen molar-refractivity contribution >= 4 is 12.1 Å². The molecule has 0 saturated heterocycles. The van der Waals surface area contributed by atoms with E-state index in [2.05, 4.69) is 0 Å². The van der Waals surface area contributed by atoms with Gasteiger partial charge >= 0.3 is 12.1 Å². The molecular formula is C17H18O6. The van der Waals surface area contributed by atoms with Crippen LogP contribution >= 0.6 is 0 Å². The molecule has 0 aromatic heterocycles. The molecule has 2 N–H and O–H groups in total. The lowest BCUT2D eigenvalue weighted by Crippen LogP contribution is -2.11. The van der Waals surface area contributed by atoms with Crippen LogP contribution in [0.3, 0.4) is 0 Å². The van der Waals surface area contributed by atoms with Crippen molar-refractivity contribution < 1.29 is 29.3 Å². The summed E-state index contributed by atoms with van der Waals surface area (Å²) >= 11 is 0. The van der Waals surface area contributed by atoms with E-state index in [0.29, 0.717) is 23.7 Å². The Morgan fingerprint density at radius 3 is 2.13 bits per heavy atom. The summed E-state index contributed by atoms with van der Waals surface area (Å²) in [5, 5.41) is 13.9. The molecule has 0 spiro atoms. The normalized spacial score (nSPS) is 9.26. The first-order valence-corrected chi connectivity index (χ1v) is 6.95. The molecule has 122 valence electrons. The van der Waals surface area contributed by atoms with Crippen LogP contribution < -0.4 is 9.47 Å². The van der Waals surface area contributed by atoms with Crippen molar-refractivity contribution in [1.82, 2.24) is 0 Å². The second-order valence-electron chi connectivity index (χ2n) is 4.33. The van der Waals surface area contributed by atoms with Gasteiger partial charge in [0.05, 0.1) is 6.61 Å². The van der Waals surface area contributed by atoms with Crippen molar-refractivity contribution in [3.8, 4) is 11.5 Å². The molecule has 0 atom stereocenters. The number of carbonyl (C=O) groups is 2. The number of carboxylic acid groups (broad SMARTS) is 2. The van der Waals surface area contributed by atoms with E-state index >= 15 is 0 Å². The zero-order valence-electron chi connectivity index (χ0n) is 12.6. The average Bonchev–Trinajstić information content (AvgIpc) is 2.53. The van der Waals surface area contributed by atoms with Crippen LogP contribution in [0.15, 0.2) is 54.6 Å². The summed E-state index contributed by atoms with van der Waals surface area (Å²) in [5.74, 6) is 0.681. The van der Waals surface area contributed by atoms with Crippen molar-refractivity contribution in [2.45, 2.75) is 13.3 Å². The van der Waals surface area contributed by atoms with E-state index in [-0.39, 0.29) is 0 Å². The first kappa shape index (κ1) is 18.0. The maximum Gasteiger partial charge on any atom is 0.503 e. The fourth-order valence-electron chi connectivity index (χ4n) is 1.62. The van der Waals surface area contributed by atoms with Gasteiger partial charge in [-0.3, -0.25) is 0 Å². The third kappa shape index (κ3) is 6.99. The summed E-state index contributed by atoms with van der Waals surface area (Å²) in [5.41, 5.74) is 0.444. The summed E-state index contributed by atoms with van der Waals surface area (Å²) in [6, 6.07) is 16.1. The number of para-hydroxylation sites is 2. The summed E-state index contributed by atoms with van der Waals surface area (Å²) in [4.78, 5) is 20.7. The molecule has 0 aliphatic rings. The third-order valence-corrected chi connectivity index (χ3v) is 2.52. The van der Waals surface area contributed by atoms with Crippen molar-refractivity contribution in [2.24, 2.45) is 0 Å². The van der Waals surface area contributed by atoms with Gasteiger partial charge in [-0.1, -0.05) is 37.3 Å². The zero-order valence-corrected chi connectivity index (χ0v) is 12.6. The number of rotatable bonds is 5. The van der Waals surface area contributed by atoms with Crippen LogP contribution in [0.5, 0.6) is 11.5 Å². The molecule has 2 rings (SSSR count). The Balaban J connectivity index is 0.000000593. The van der Waals surface area contributed by atoms with E-state index < -0.39 is 12.1 Å². The monoisotopic (exact) mass is 318 g/mol. The van der Waals surface area contributed by atoms with E-state index in [9.17, 15) is 4.79 Å². The minimum atomic E-state index is -1.83. The molecule has 23 heavy (non-hydrogen) atoms. The second-order valence-corrected chi connectivity index (χ2v) is 4.33. The lowest BCUT2D eigenvalue weighted by Gasteiger charge is -2.10. The van der Waals surface area contributed by atoms with Gasteiger partial charge in [0, 0.05) is 0 Å². The highest BCUT2D eigenvalue weighted by Gasteiger charge is 2.14. The van der Waals surface area contributed by atoms with Gasteiger partial charge in [0.25, 0.3) is 0 Å². The Morgan fingerprint density at radius 1 is 0.957 bits per heavy atom. The van der Waals surface area contributed by atoms with Crippen LogP contribution in [0.1, 0.15) is 23.7 Å². The highest BCUT2D eigenvalue weighted by molar-refractivity contribution is 5.93. The number of hydrogen-bond donors (Lipinski definition) is 2. The summed E-state index contributed by atoms with van der Waals surface area (Å²) in [7, 11) is 0. The summed E-state index contributed by atoms with van der Waals surface area (Å²) in [6.45, 7) is 2.60. The Labute approximate surface area is 133 Å². The lowest BCUT2D eigenvalue weighted by molar-refractivity contribution is 0.0730. The third-order valence-electron chi connectivity index (χ3n) is 2.52. The van der Waals surface area contributed by atoms with Gasteiger partial charge < -0.3 is 19.7 Å². The molecule has 0 aliphatic heterocycles. The predicted octanol–water partition coefficient (Wildman–Crippen LogP) is 3.92. The average molecular weight is 318 g/mol. The van der Waals surface area contributed by atoms with Crippen LogP contribution in [0.2, 0.25) is 0 Å². The SMILES string of the molecule is CCCOc1ccccc1C(=O)Oc1ccccc1.O=C(O)O. The molecule has 0 radical (unpaired) electrons. The number of benzene rings is 2. The number of ether oxygens (including phenoxy) is 2. The van der Waals surface area contributed by atoms with Gasteiger partial charge in [-0.05, 0) is 30.7 Å². The van der Waals surface area contributed by atoms with Crippen molar-refractivity contribution in [1.29, 1.82) is 0 Å². The zero-order chi connectivity index (χ0) is 17.1. The molecule has 2 aromatic carbocycles. The molecule has 0 bridgehead atoms. The Bertz CT molecular complexity index is 620. The largest absolute Gasteiger partial charge is 0.503 e. The minimum Gasteiger partial charge on any atom is -0.493 e. The topological polar surface area (TPSA) is 93.1 Å². The maximum absolute atomic E-state index is 12.1. The van der Waals surface area contributed by atoms with E-state index in [1.54, 1.807) is 30.3 Å². The molecule has 6 heteroatoms. The molecule has 0 fully saturated rings. The van der Waals surface area contributed by atoms with E-state index in [4.69, 9.17) is 24.5 Å². The van der Waals surface area contributed by atoms with Crippen LogP contribution in [0.25, 0.3) is 0 Å². The van der Waals surface area contributed by atoms with Gasteiger partial charge in [0.2, 0.25) is 0 Å². The molecule has 0 aliphatic carbocycles. The fourth-order valence-corrected chi connectivity index (χ4v) is 1.62. The maximum atomic E-state index is 12.1. The van der Waals surface area contributed by atoms with Gasteiger partial charge in [-0.2, -0.15) is 0 Å². The van der Waals surface area contributed by atoms with Gasteiger partial charge in [-0.25, -0.2) is 9.59 Å². The van der Waals surface area contributed by atoms with Crippen molar-refractivity contribution in [3.63, 3.8) is 0 Å². The minimum absolute atomic E-state index is 0.405. The van der Waals surface area contributed by atoms with Crippen LogP contribution in [-0.4, -0.2) is 28.9 Å². The Morgan fingerprint density at radius 2 is 1.52 bits per heavy atom. The highest BCUT2D eigenvalue weighted by Crippen LogP contribution is 2.20. The molecule has 2 aromatic rings. The van der Waals surface area contributed by atoms with Gasteiger partial charge in [0.1, 0.15) is 17.1 Å². The van der Waals surface area contributed by atoms with Crippen LogP contribution in [-0.2, 0) is 0 Å². The first-order valence-electron chi connectivity index (χ1n) is 6.95. The lowest BCUT2D eigenvalue weighted by atomic mass is 10.2.